The number of piperidine rings is 1. The lowest BCUT2D eigenvalue weighted by atomic mass is 10.0. The Labute approximate surface area is 141 Å². The van der Waals surface area contributed by atoms with Crippen molar-refractivity contribution in [1.29, 1.82) is 0 Å². The SMILES string of the molecule is Cc1ccc(C)c(CC(=O)NCCCCCN2CCCCC2)c1. The smallest absolute Gasteiger partial charge is 0.224 e. The van der Waals surface area contributed by atoms with Crippen LogP contribution in [-0.4, -0.2) is 37.0 Å². The predicted octanol–water partition coefficient (Wildman–Crippen LogP) is 3.62. The Kier molecular flexibility index (Phi) is 7.60. The van der Waals surface area contributed by atoms with Crippen molar-refractivity contribution in [1.82, 2.24) is 10.2 Å². The van der Waals surface area contributed by atoms with Crippen LogP contribution in [0.5, 0.6) is 0 Å². The molecule has 3 heteroatoms. The van der Waals surface area contributed by atoms with Gasteiger partial charge in [0.15, 0.2) is 0 Å². The molecule has 3 nitrogen and oxygen atoms in total. The van der Waals surface area contributed by atoms with Crippen LogP contribution in [-0.2, 0) is 11.2 Å². The molecule has 0 saturated carbocycles. The number of amides is 1. The maximum absolute atomic E-state index is 12.0. The Hall–Kier alpha value is -1.35. The van der Waals surface area contributed by atoms with Gasteiger partial charge in [0.1, 0.15) is 0 Å². The van der Waals surface area contributed by atoms with Gasteiger partial charge in [-0.05, 0) is 70.3 Å². The number of benzene rings is 1. The van der Waals surface area contributed by atoms with Gasteiger partial charge in [-0.25, -0.2) is 0 Å². The highest BCUT2D eigenvalue weighted by atomic mass is 16.1. The third kappa shape index (κ3) is 6.74. The fraction of sp³-hybridized carbons (Fsp3) is 0.650. The van der Waals surface area contributed by atoms with E-state index in [2.05, 4.69) is 42.3 Å². The molecule has 0 atom stereocenters. The molecule has 1 saturated heterocycles. The Morgan fingerprint density at radius 1 is 1.09 bits per heavy atom. The first-order chi connectivity index (χ1) is 11.1. The molecule has 0 radical (unpaired) electrons. The lowest BCUT2D eigenvalue weighted by Gasteiger charge is -2.26. The van der Waals surface area contributed by atoms with Crippen LogP contribution in [0.1, 0.15) is 55.2 Å². The quantitative estimate of drug-likeness (QED) is 0.743. The third-order valence-corrected chi connectivity index (χ3v) is 4.78. The number of likely N-dealkylation sites (tertiary alicyclic amines) is 1. The first-order valence-electron chi connectivity index (χ1n) is 9.20. The van der Waals surface area contributed by atoms with Crippen LogP contribution in [0.15, 0.2) is 18.2 Å². The Morgan fingerprint density at radius 2 is 1.87 bits per heavy atom. The monoisotopic (exact) mass is 316 g/mol. The summed E-state index contributed by atoms with van der Waals surface area (Å²) in [5.74, 6) is 0.148. The molecule has 1 amide bonds. The first-order valence-corrected chi connectivity index (χ1v) is 9.20. The summed E-state index contributed by atoms with van der Waals surface area (Å²) in [5.41, 5.74) is 3.57. The summed E-state index contributed by atoms with van der Waals surface area (Å²) in [6.45, 7) is 8.76. The lowest BCUT2D eigenvalue weighted by Crippen LogP contribution is -2.30. The number of carbonyl (C=O) groups is 1. The van der Waals surface area contributed by atoms with Gasteiger partial charge in [-0.1, -0.05) is 36.6 Å². The molecule has 1 N–H and O–H groups in total. The van der Waals surface area contributed by atoms with Crippen molar-refractivity contribution in [3.63, 3.8) is 0 Å². The van der Waals surface area contributed by atoms with Gasteiger partial charge in [-0.3, -0.25) is 4.79 Å². The normalized spacial score (nSPS) is 15.6. The largest absolute Gasteiger partial charge is 0.356 e. The van der Waals surface area contributed by atoms with Crippen molar-refractivity contribution in [2.24, 2.45) is 0 Å². The molecule has 0 aromatic heterocycles. The highest BCUT2D eigenvalue weighted by Gasteiger charge is 2.09. The van der Waals surface area contributed by atoms with Gasteiger partial charge >= 0.3 is 0 Å². The third-order valence-electron chi connectivity index (χ3n) is 4.78. The van der Waals surface area contributed by atoms with E-state index >= 15 is 0 Å². The number of hydrogen-bond donors (Lipinski definition) is 1. The minimum Gasteiger partial charge on any atom is -0.356 e. The number of carbonyl (C=O) groups excluding carboxylic acids is 1. The Morgan fingerprint density at radius 3 is 2.65 bits per heavy atom. The summed E-state index contributed by atoms with van der Waals surface area (Å²) in [7, 11) is 0. The van der Waals surface area contributed by atoms with Crippen molar-refractivity contribution in [2.75, 3.05) is 26.2 Å². The van der Waals surface area contributed by atoms with Crippen LogP contribution in [0, 0.1) is 13.8 Å². The molecule has 1 heterocycles. The molecule has 128 valence electrons. The Bertz CT molecular complexity index is 492. The van der Waals surface area contributed by atoms with Gasteiger partial charge in [0.2, 0.25) is 5.91 Å². The van der Waals surface area contributed by atoms with Crippen molar-refractivity contribution in [3.05, 3.63) is 34.9 Å². The van der Waals surface area contributed by atoms with Crippen molar-refractivity contribution in [3.8, 4) is 0 Å². The molecule has 0 aliphatic carbocycles. The highest BCUT2D eigenvalue weighted by Crippen LogP contribution is 2.11. The second-order valence-corrected chi connectivity index (χ2v) is 6.92. The second kappa shape index (κ2) is 9.71. The van der Waals surface area contributed by atoms with E-state index in [-0.39, 0.29) is 5.91 Å². The van der Waals surface area contributed by atoms with Crippen molar-refractivity contribution in [2.45, 2.75) is 58.8 Å². The molecule has 23 heavy (non-hydrogen) atoms. The molecule has 0 unspecified atom stereocenters. The summed E-state index contributed by atoms with van der Waals surface area (Å²) in [6.07, 6.45) is 8.20. The fourth-order valence-electron chi connectivity index (χ4n) is 3.27. The molecule has 0 bridgehead atoms. The Balaban J connectivity index is 1.55. The van der Waals surface area contributed by atoms with Gasteiger partial charge in [-0.15, -0.1) is 0 Å². The van der Waals surface area contributed by atoms with Crippen LogP contribution in [0.2, 0.25) is 0 Å². The predicted molar refractivity (Wildman–Crippen MR) is 96.8 cm³/mol. The molecule has 1 aliphatic heterocycles. The van der Waals surface area contributed by atoms with Crippen molar-refractivity contribution >= 4 is 5.91 Å². The van der Waals surface area contributed by atoms with E-state index in [9.17, 15) is 4.79 Å². The molecule has 1 aromatic carbocycles. The standard InChI is InChI=1S/C20H32N2O/c1-17-9-10-18(2)19(15-17)16-20(23)21-11-5-3-6-12-22-13-7-4-8-14-22/h9-10,15H,3-8,11-14,16H2,1-2H3,(H,21,23). The van der Waals surface area contributed by atoms with Crippen LogP contribution in [0.3, 0.4) is 0 Å². The summed E-state index contributed by atoms with van der Waals surface area (Å²) in [4.78, 5) is 14.6. The van der Waals surface area contributed by atoms with Crippen molar-refractivity contribution < 1.29 is 4.79 Å². The van der Waals surface area contributed by atoms with E-state index in [1.54, 1.807) is 0 Å². The van der Waals surface area contributed by atoms with E-state index in [0.29, 0.717) is 6.42 Å². The minimum absolute atomic E-state index is 0.148. The zero-order valence-corrected chi connectivity index (χ0v) is 14.9. The molecular formula is C20H32N2O. The zero-order valence-electron chi connectivity index (χ0n) is 14.9. The average Bonchev–Trinajstić information content (AvgIpc) is 2.55. The zero-order chi connectivity index (χ0) is 16.5. The summed E-state index contributed by atoms with van der Waals surface area (Å²) in [6, 6.07) is 6.31. The summed E-state index contributed by atoms with van der Waals surface area (Å²) < 4.78 is 0. The minimum atomic E-state index is 0.148. The number of rotatable bonds is 8. The number of aryl methyl sites for hydroxylation is 2. The number of hydrogen-bond acceptors (Lipinski definition) is 2. The average molecular weight is 316 g/mol. The maximum atomic E-state index is 12.0. The lowest BCUT2D eigenvalue weighted by molar-refractivity contribution is -0.120. The number of nitrogens with one attached hydrogen (secondary N) is 1. The van der Waals surface area contributed by atoms with E-state index in [1.165, 1.54) is 62.9 Å². The van der Waals surface area contributed by atoms with Gasteiger partial charge < -0.3 is 10.2 Å². The molecular weight excluding hydrogens is 284 g/mol. The first kappa shape index (κ1) is 18.0. The van der Waals surface area contributed by atoms with Crippen LogP contribution in [0.25, 0.3) is 0 Å². The van der Waals surface area contributed by atoms with E-state index < -0.39 is 0 Å². The van der Waals surface area contributed by atoms with Gasteiger partial charge in [0.05, 0.1) is 6.42 Å². The van der Waals surface area contributed by atoms with E-state index in [4.69, 9.17) is 0 Å². The van der Waals surface area contributed by atoms with Gasteiger partial charge in [-0.2, -0.15) is 0 Å². The molecule has 1 fully saturated rings. The summed E-state index contributed by atoms with van der Waals surface area (Å²) >= 11 is 0. The van der Waals surface area contributed by atoms with Crippen LogP contribution >= 0.6 is 0 Å². The molecule has 2 rings (SSSR count). The highest BCUT2D eigenvalue weighted by molar-refractivity contribution is 5.78. The van der Waals surface area contributed by atoms with Gasteiger partial charge in [0.25, 0.3) is 0 Å². The number of nitrogens with zero attached hydrogens (tertiary/aromatic N) is 1. The van der Waals surface area contributed by atoms with E-state index in [0.717, 1.165) is 18.5 Å². The fourth-order valence-corrected chi connectivity index (χ4v) is 3.27. The topological polar surface area (TPSA) is 32.3 Å². The molecule has 0 spiro atoms. The molecule has 1 aliphatic rings. The number of unbranched alkanes of at least 4 members (excludes halogenated alkanes) is 2. The summed E-state index contributed by atoms with van der Waals surface area (Å²) in [5, 5.41) is 3.06. The maximum Gasteiger partial charge on any atom is 0.224 e. The van der Waals surface area contributed by atoms with Crippen LogP contribution < -0.4 is 5.32 Å². The van der Waals surface area contributed by atoms with Gasteiger partial charge in [0, 0.05) is 6.54 Å². The van der Waals surface area contributed by atoms with E-state index in [1.807, 2.05) is 0 Å². The second-order valence-electron chi connectivity index (χ2n) is 6.92. The molecule has 1 aromatic rings. The van der Waals surface area contributed by atoms with Crippen LogP contribution in [0.4, 0.5) is 0 Å².